The number of hydrogen-bond donors (Lipinski definition) is 1. The third-order valence-electron chi connectivity index (χ3n) is 5.13. The maximum Gasteiger partial charge on any atom is 0.252 e. The van der Waals surface area contributed by atoms with Crippen LogP contribution in [-0.2, 0) is 6.54 Å². The molecule has 1 amide bonds. The topological polar surface area (TPSA) is 42.0 Å². The van der Waals surface area contributed by atoms with Crippen molar-refractivity contribution in [2.75, 3.05) is 0 Å². The zero-order chi connectivity index (χ0) is 20.4. The highest BCUT2D eigenvalue weighted by atomic mass is 19.1. The molecule has 0 atom stereocenters. The van der Waals surface area contributed by atoms with Gasteiger partial charge in [0.05, 0.1) is 16.8 Å². The van der Waals surface area contributed by atoms with Crippen LogP contribution in [0.3, 0.4) is 0 Å². The second-order valence-electron chi connectivity index (χ2n) is 7.18. The molecule has 0 bridgehead atoms. The van der Waals surface area contributed by atoms with Gasteiger partial charge in [0.1, 0.15) is 5.82 Å². The van der Waals surface area contributed by atoms with Gasteiger partial charge in [0.25, 0.3) is 5.91 Å². The molecule has 1 N–H and O–H groups in total. The minimum Gasteiger partial charge on any atom is -0.348 e. The maximum absolute atomic E-state index is 13.1. The highest BCUT2D eigenvalue weighted by Crippen LogP contribution is 2.26. The molecule has 0 fully saturated rings. The first-order chi connectivity index (χ1) is 14.0. The van der Waals surface area contributed by atoms with Crippen LogP contribution < -0.4 is 5.32 Å². The minimum absolute atomic E-state index is 0.182. The van der Waals surface area contributed by atoms with Crippen molar-refractivity contribution in [1.29, 1.82) is 0 Å². The fourth-order valence-corrected chi connectivity index (χ4v) is 3.29. The van der Waals surface area contributed by atoms with E-state index in [0.29, 0.717) is 12.1 Å². The Morgan fingerprint density at radius 1 is 0.931 bits per heavy atom. The molecule has 4 rings (SSSR count). The van der Waals surface area contributed by atoms with Crippen molar-refractivity contribution in [2.24, 2.45) is 0 Å². The van der Waals surface area contributed by atoms with Gasteiger partial charge in [0, 0.05) is 17.5 Å². The van der Waals surface area contributed by atoms with E-state index in [1.807, 2.05) is 36.4 Å². The number of aryl methyl sites for hydroxylation is 2. The van der Waals surface area contributed by atoms with Crippen LogP contribution in [0.4, 0.5) is 4.39 Å². The van der Waals surface area contributed by atoms with Crippen molar-refractivity contribution >= 4 is 16.8 Å². The zero-order valence-electron chi connectivity index (χ0n) is 16.4. The molecule has 1 heterocycles. The number of carbonyl (C=O) groups is 1. The van der Waals surface area contributed by atoms with Gasteiger partial charge in [-0.15, -0.1) is 0 Å². The number of pyridine rings is 1. The first kappa shape index (κ1) is 18.8. The smallest absolute Gasteiger partial charge is 0.252 e. The number of aromatic nitrogens is 1. The van der Waals surface area contributed by atoms with E-state index in [9.17, 15) is 9.18 Å². The molecule has 3 nitrogen and oxygen atoms in total. The lowest BCUT2D eigenvalue weighted by atomic mass is 10.0. The first-order valence-corrected chi connectivity index (χ1v) is 9.51. The average molecular weight is 384 g/mol. The number of rotatable bonds is 4. The molecule has 29 heavy (non-hydrogen) atoms. The Labute approximate surface area is 169 Å². The Morgan fingerprint density at radius 3 is 2.45 bits per heavy atom. The summed E-state index contributed by atoms with van der Waals surface area (Å²) in [5, 5.41) is 3.74. The highest BCUT2D eigenvalue weighted by molar-refractivity contribution is 6.07. The summed E-state index contributed by atoms with van der Waals surface area (Å²) in [5.41, 5.74) is 6.32. The van der Waals surface area contributed by atoms with E-state index < -0.39 is 0 Å². The van der Waals surface area contributed by atoms with Crippen molar-refractivity contribution in [3.05, 3.63) is 101 Å². The number of para-hydroxylation sites is 1. The Balaban J connectivity index is 1.71. The summed E-state index contributed by atoms with van der Waals surface area (Å²) >= 11 is 0. The summed E-state index contributed by atoms with van der Waals surface area (Å²) < 4.78 is 13.1. The predicted molar refractivity (Wildman–Crippen MR) is 114 cm³/mol. The van der Waals surface area contributed by atoms with Crippen LogP contribution in [0.15, 0.2) is 72.8 Å². The molecule has 4 aromatic rings. The lowest BCUT2D eigenvalue weighted by Gasteiger charge is -2.12. The molecule has 0 aliphatic rings. The molecule has 0 radical (unpaired) electrons. The second-order valence-corrected chi connectivity index (χ2v) is 7.18. The molecule has 0 aliphatic carbocycles. The van der Waals surface area contributed by atoms with E-state index in [1.165, 1.54) is 23.3 Å². The van der Waals surface area contributed by atoms with E-state index in [1.54, 1.807) is 12.1 Å². The van der Waals surface area contributed by atoms with Gasteiger partial charge in [0.15, 0.2) is 0 Å². The third-order valence-corrected chi connectivity index (χ3v) is 5.13. The van der Waals surface area contributed by atoms with Crippen LogP contribution in [0.2, 0.25) is 0 Å². The molecule has 0 aliphatic heterocycles. The van der Waals surface area contributed by atoms with E-state index in [4.69, 9.17) is 4.98 Å². The molecule has 4 heteroatoms. The Bertz CT molecular complexity index is 1200. The normalized spacial score (nSPS) is 10.9. The van der Waals surface area contributed by atoms with Crippen molar-refractivity contribution in [2.45, 2.75) is 20.4 Å². The lowest BCUT2D eigenvalue weighted by molar-refractivity contribution is 0.0952. The van der Waals surface area contributed by atoms with Gasteiger partial charge in [-0.05, 0) is 60.9 Å². The molecule has 0 spiro atoms. The molecule has 144 valence electrons. The number of carbonyl (C=O) groups excluding carboxylic acids is 1. The number of nitrogens with one attached hydrogen (secondary N) is 1. The van der Waals surface area contributed by atoms with Crippen molar-refractivity contribution in [3.8, 4) is 11.3 Å². The molecule has 3 aromatic carbocycles. The van der Waals surface area contributed by atoms with E-state index in [-0.39, 0.29) is 11.7 Å². The summed E-state index contributed by atoms with van der Waals surface area (Å²) in [6, 6.07) is 21.8. The van der Waals surface area contributed by atoms with Crippen LogP contribution in [0.25, 0.3) is 22.2 Å². The van der Waals surface area contributed by atoms with Crippen molar-refractivity contribution < 1.29 is 9.18 Å². The summed E-state index contributed by atoms with van der Waals surface area (Å²) in [7, 11) is 0. The summed E-state index contributed by atoms with van der Waals surface area (Å²) in [6.45, 7) is 4.46. The standard InChI is InChI=1S/C25H21FN2O/c1-16-7-10-19(13-17(16)2)24-14-22(21-5-3-4-6-23(21)28-24)25(29)27-15-18-8-11-20(26)12-9-18/h3-14H,15H2,1-2H3,(H,27,29). The van der Waals surface area contributed by atoms with Crippen LogP contribution in [0.5, 0.6) is 0 Å². The van der Waals surface area contributed by atoms with Gasteiger partial charge in [-0.25, -0.2) is 9.37 Å². The largest absolute Gasteiger partial charge is 0.348 e. The summed E-state index contributed by atoms with van der Waals surface area (Å²) in [5.74, 6) is -0.476. The fourth-order valence-electron chi connectivity index (χ4n) is 3.29. The maximum atomic E-state index is 13.1. The lowest BCUT2D eigenvalue weighted by Crippen LogP contribution is -2.23. The number of benzene rings is 3. The van der Waals surface area contributed by atoms with E-state index in [0.717, 1.165) is 27.7 Å². The third kappa shape index (κ3) is 4.02. The number of halogens is 1. The summed E-state index contributed by atoms with van der Waals surface area (Å²) in [6.07, 6.45) is 0. The average Bonchev–Trinajstić information content (AvgIpc) is 2.74. The molecule has 0 unspecified atom stereocenters. The fraction of sp³-hybridized carbons (Fsp3) is 0.120. The number of amides is 1. The van der Waals surface area contributed by atoms with Gasteiger partial charge in [-0.3, -0.25) is 4.79 Å². The zero-order valence-corrected chi connectivity index (χ0v) is 16.4. The van der Waals surface area contributed by atoms with Gasteiger partial charge in [-0.1, -0.05) is 42.5 Å². The number of nitrogens with zero attached hydrogens (tertiary/aromatic N) is 1. The van der Waals surface area contributed by atoms with Gasteiger partial charge in [0.2, 0.25) is 0 Å². The molecule has 1 aromatic heterocycles. The van der Waals surface area contributed by atoms with Crippen LogP contribution in [-0.4, -0.2) is 10.9 Å². The van der Waals surface area contributed by atoms with Crippen LogP contribution in [0, 0.1) is 19.7 Å². The van der Waals surface area contributed by atoms with Gasteiger partial charge < -0.3 is 5.32 Å². The van der Waals surface area contributed by atoms with Gasteiger partial charge in [-0.2, -0.15) is 0 Å². The Hall–Kier alpha value is -3.53. The Kier molecular flexibility index (Phi) is 5.09. The quantitative estimate of drug-likeness (QED) is 0.498. The Morgan fingerprint density at radius 2 is 1.69 bits per heavy atom. The summed E-state index contributed by atoms with van der Waals surface area (Å²) in [4.78, 5) is 17.8. The van der Waals surface area contributed by atoms with Crippen molar-refractivity contribution in [1.82, 2.24) is 10.3 Å². The molecular weight excluding hydrogens is 363 g/mol. The van der Waals surface area contributed by atoms with E-state index >= 15 is 0 Å². The molecular formula is C25H21FN2O. The van der Waals surface area contributed by atoms with Gasteiger partial charge >= 0.3 is 0 Å². The minimum atomic E-state index is -0.293. The van der Waals surface area contributed by atoms with Crippen molar-refractivity contribution in [3.63, 3.8) is 0 Å². The molecule has 0 saturated carbocycles. The first-order valence-electron chi connectivity index (χ1n) is 9.51. The second kappa shape index (κ2) is 7.84. The van der Waals surface area contributed by atoms with Crippen LogP contribution in [0.1, 0.15) is 27.0 Å². The number of hydrogen-bond acceptors (Lipinski definition) is 2. The molecule has 0 saturated heterocycles. The van der Waals surface area contributed by atoms with Crippen LogP contribution >= 0.6 is 0 Å². The monoisotopic (exact) mass is 384 g/mol. The highest BCUT2D eigenvalue weighted by Gasteiger charge is 2.14. The van der Waals surface area contributed by atoms with E-state index in [2.05, 4.69) is 31.3 Å². The number of fused-ring (bicyclic) bond motifs is 1. The predicted octanol–water partition coefficient (Wildman–Crippen LogP) is 5.59. The SMILES string of the molecule is Cc1ccc(-c2cc(C(=O)NCc3ccc(F)cc3)c3ccccc3n2)cc1C.